The van der Waals surface area contributed by atoms with E-state index in [0.29, 0.717) is 25.2 Å². The van der Waals surface area contributed by atoms with Gasteiger partial charge in [0.05, 0.1) is 13.7 Å². The van der Waals surface area contributed by atoms with Crippen LogP contribution >= 0.6 is 0 Å². The zero-order valence-electron chi connectivity index (χ0n) is 17.5. The Hall–Kier alpha value is -3.10. The number of hydrazine groups is 1. The number of amides is 3. The van der Waals surface area contributed by atoms with Gasteiger partial charge < -0.3 is 14.5 Å². The van der Waals surface area contributed by atoms with Crippen LogP contribution in [0.4, 0.5) is 10.5 Å². The number of likely N-dealkylation sites (N-methyl/N-ethyl adjacent to an activating group) is 1. The van der Waals surface area contributed by atoms with Crippen molar-refractivity contribution in [2.24, 2.45) is 5.84 Å². The molecule has 1 saturated heterocycles. The van der Waals surface area contributed by atoms with Crippen molar-refractivity contribution in [1.82, 2.24) is 15.2 Å². The van der Waals surface area contributed by atoms with E-state index >= 15 is 0 Å². The van der Waals surface area contributed by atoms with Crippen molar-refractivity contribution >= 4 is 17.6 Å². The van der Waals surface area contributed by atoms with Crippen molar-refractivity contribution in [3.8, 4) is 5.75 Å². The summed E-state index contributed by atoms with van der Waals surface area (Å²) in [5, 5.41) is 0. The number of nitrogens with zero attached hydrogens (tertiary/aromatic N) is 3. The third-order valence-electron chi connectivity index (χ3n) is 5.39. The minimum Gasteiger partial charge on any atom is -0.497 e. The fraction of sp³-hybridized carbons (Fsp3) is 0.364. The van der Waals surface area contributed by atoms with Crippen molar-refractivity contribution in [1.29, 1.82) is 0 Å². The zero-order chi connectivity index (χ0) is 21.5. The van der Waals surface area contributed by atoms with Gasteiger partial charge in [-0.25, -0.2) is 10.6 Å². The first-order valence-electron chi connectivity index (χ1n) is 10.1. The predicted octanol–water partition coefficient (Wildman–Crippen LogP) is 2.06. The second-order valence-corrected chi connectivity index (χ2v) is 7.16. The van der Waals surface area contributed by atoms with Crippen LogP contribution in [0.3, 0.4) is 0 Å². The highest BCUT2D eigenvalue weighted by Crippen LogP contribution is 2.23. The number of hydrogen-bond acceptors (Lipinski definition) is 5. The molecule has 1 aliphatic heterocycles. The highest BCUT2D eigenvalue weighted by atomic mass is 16.5. The van der Waals surface area contributed by atoms with Crippen LogP contribution in [0.25, 0.3) is 0 Å². The molecular weight excluding hydrogens is 382 g/mol. The quantitative estimate of drug-likeness (QED) is 0.431. The number of anilines is 1. The third kappa shape index (κ3) is 5.08. The molecule has 0 unspecified atom stereocenters. The molecule has 8 heteroatoms. The SMILES string of the molecule is CCN1CCN(C(=O)N(Cc2ccc(C(=O)NN)cc2)c2ccc(OC)cc2)CC1. The molecule has 0 spiro atoms. The van der Waals surface area contributed by atoms with Gasteiger partial charge in [0, 0.05) is 37.4 Å². The largest absolute Gasteiger partial charge is 0.497 e. The predicted molar refractivity (Wildman–Crippen MR) is 116 cm³/mol. The van der Waals surface area contributed by atoms with E-state index in [2.05, 4.69) is 17.2 Å². The van der Waals surface area contributed by atoms with Gasteiger partial charge >= 0.3 is 6.03 Å². The second-order valence-electron chi connectivity index (χ2n) is 7.16. The Kier molecular flexibility index (Phi) is 7.26. The van der Waals surface area contributed by atoms with Gasteiger partial charge in [-0.15, -0.1) is 0 Å². The summed E-state index contributed by atoms with van der Waals surface area (Å²) in [4.78, 5) is 31.1. The molecule has 3 rings (SSSR count). The standard InChI is InChI=1S/C22H29N5O3/c1-3-25-12-14-26(15-13-25)22(29)27(19-8-10-20(30-2)11-9-19)16-17-4-6-18(7-5-17)21(28)24-23/h4-11H,3,12-16,23H2,1-2H3,(H,24,28). The molecule has 30 heavy (non-hydrogen) atoms. The number of rotatable bonds is 6. The fourth-order valence-electron chi connectivity index (χ4n) is 3.49. The van der Waals surface area contributed by atoms with E-state index in [0.717, 1.165) is 36.6 Å². The summed E-state index contributed by atoms with van der Waals surface area (Å²) in [6.07, 6.45) is 0. The first-order chi connectivity index (χ1) is 14.5. The van der Waals surface area contributed by atoms with Gasteiger partial charge in [0.15, 0.2) is 0 Å². The second kappa shape index (κ2) is 10.1. The Morgan fingerprint density at radius 1 is 1.03 bits per heavy atom. The maximum absolute atomic E-state index is 13.4. The molecule has 8 nitrogen and oxygen atoms in total. The summed E-state index contributed by atoms with van der Waals surface area (Å²) in [6, 6.07) is 14.5. The van der Waals surface area contributed by atoms with Crippen LogP contribution in [0.2, 0.25) is 0 Å². The van der Waals surface area contributed by atoms with Gasteiger partial charge in [0.1, 0.15) is 5.75 Å². The number of carbonyl (C=O) groups is 2. The number of piperazine rings is 1. The van der Waals surface area contributed by atoms with Crippen LogP contribution < -0.4 is 20.9 Å². The molecule has 0 bridgehead atoms. The van der Waals surface area contributed by atoms with E-state index in [4.69, 9.17) is 10.6 Å². The van der Waals surface area contributed by atoms with Gasteiger partial charge in [-0.1, -0.05) is 19.1 Å². The van der Waals surface area contributed by atoms with Gasteiger partial charge in [0.25, 0.3) is 5.91 Å². The monoisotopic (exact) mass is 411 g/mol. The number of nitrogens with one attached hydrogen (secondary N) is 1. The van der Waals surface area contributed by atoms with E-state index in [1.807, 2.05) is 41.3 Å². The molecule has 3 amide bonds. The van der Waals surface area contributed by atoms with Crippen molar-refractivity contribution in [3.05, 3.63) is 59.7 Å². The van der Waals surface area contributed by atoms with Gasteiger partial charge in [-0.05, 0) is 48.5 Å². The zero-order valence-corrected chi connectivity index (χ0v) is 17.5. The fourth-order valence-corrected chi connectivity index (χ4v) is 3.49. The Morgan fingerprint density at radius 2 is 1.67 bits per heavy atom. The maximum Gasteiger partial charge on any atom is 0.324 e. The maximum atomic E-state index is 13.4. The Labute approximate surface area is 177 Å². The van der Waals surface area contributed by atoms with Crippen LogP contribution in [0.1, 0.15) is 22.8 Å². The lowest BCUT2D eigenvalue weighted by molar-refractivity contribution is 0.0953. The van der Waals surface area contributed by atoms with Crippen LogP contribution in [-0.2, 0) is 6.54 Å². The van der Waals surface area contributed by atoms with Crippen molar-refractivity contribution < 1.29 is 14.3 Å². The molecular formula is C22H29N5O3. The van der Waals surface area contributed by atoms with E-state index in [1.54, 1.807) is 24.1 Å². The molecule has 0 aromatic heterocycles. The lowest BCUT2D eigenvalue weighted by Gasteiger charge is -2.37. The number of benzene rings is 2. The van der Waals surface area contributed by atoms with Gasteiger partial charge in [-0.3, -0.25) is 15.1 Å². The number of methoxy groups -OCH3 is 1. The van der Waals surface area contributed by atoms with Crippen LogP contribution in [0, 0.1) is 0 Å². The summed E-state index contributed by atoms with van der Waals surface area (Å²) in [6.45, 7) is 6.68. The smallest absolute Gasteiger partial charge is 0.324 e. The molecule has 0 radical (unpaired) electrons. The Balaban J connectivity index is 1.81. The number of ether oxygens (including phenoxy) is 1. The molecule has 1 fully saturated rings. The molecule has 0 saturated carbocycles. The molecule has 1 heterocycles. The number of carbonyl (C=O) groups excluding carboxylic acids is 2. The summed E-state index contributed by atoms with van der Waals surface area (Å²) in [5.41, 5.74) is 4.30. The molecule has 160 valence electrons. The number of nitrogen functional groups attached to an aromatic ring is 1. The van der Waals surface area contributed by atoms with E-state index in [9.17, 15) is 9.59 Å². The minimum absolute atomic E-state index is 0.0281. The number of urea groups is 1. The Bertz CT molecular complexity index is 846. The van der Waals surface area contributed by atoms with E-state index in [1.165, 1.54) is 0 Å². The van der Waals surface area contributed by atoms with E-state index < -0.39 is 0 Å². The summed E-state index contributed by atoms with van der Waals surface area (Å²) >= 11 is 0. The average molecular weight is 412 g/mol. The first-order valence-corrected chi connectivity index (χ1v) is 10.1. The topological polar surface area (TPSA) is 91.1 Å². The lowest BCUT2D eigenvalue weighted by atomic mass is 10.1. The molecule has 2 aromatic carbocycles. The summed E-state index contributed by atoms with van der Waals surface area (Å²) in [7, 11) is 1.62. The van der Waals surface area contributed by atoms with Crippen molar-refractivity contribution in [2.45, 2.75) is 13.5 Å². The van der Waals surface area contributed by atoms with Crippen LogP contribution in [0.15, 0.2) is 48.5 Å². The molecule has 0 atom stereocenters. The lowest BCUT2D eigenvalue weighted by Crippen LogP contribution is -2.52. The molecule has 3 N–H and O–H groups in total. The molecule has 2 aromatic rings. The number of hydrogen-bond donors (Lipinski definition) is 2. The van der Waals surface area contributed by atoms with E-state index in [-0.39, 0.29) is 11.9 Å². The van der Waals surface area contributed by atoms with Crippen LogP contribution in [-0.4, -0.2) is 61.6 Å². The highest BCUT2D eigenvalue weighted by Gasteiger charge is 2.26. The summed E-state index contributed by atoms with van der Waals surface area (Å²) < 4.78 is 5.25. The first kappa shape index (κ1) is 21.6. The summed E-state index contributed by atoms with van der Waals surface area (Å²) in [5.74, 6) is 5.58. The van der Waals surface area contributed by atoms with Crippen LogP contribution in [0.5, 0.6) is 5.75 Å². The minimum atomic E-state index is -0.349. The number of nitrogens with two attached hydrogens (primary N) is 1. The van der Waals surface area contributed by atoms with Gasteiger partial charge in [-0.2, -0.15) is 0 Å². The highest BCUT2D eigenvalue weighted by molar-refractivity contribution is 5.94. The average Bonchev–Trinajstić information content (AvgIpc) is 2.82. The normalized spacial score (nSPS) is 14.3. The molecule has 0 aliphatic carbocycles. The van der Waals surface area contributed by atoms with Crippen molar-refractivity contribution in [3.63, 3.8) is 0 Å². The Morgan fingerprint density at radius 3 is 2.20 bits per heavy atom. The van der Waals surface area contributed by atoms with Crippen molar-refractivity contribution in [2.75, 3.05) is 44.7 Å². The van der Waals surface area contributed by atoms with Gasteiger partial charge in [0.2, 0.25) is 0 Å². The molecule has 1 aliphatic rings. The third-order valence-corrected chi connectivity index (χ3v) is 5.39.